The molecule has 2 heteroatoms. The smallest absolute Gasteiger partial charge is 0.0308 e. The second-order valence-corrected chi connectivity index (χ2v) is 4.85. The van der Waals surface area contributed by atoms with E-state index in [1.165, 1.54) is 33.1 Å². The maximum atomic E-state index is 6.11. The Hall–Kier alpha value is -0.0900. The molecule has 1 atom stereocenters. The Morgan fingerprint density at radius 3 is 3.00 bits per heavy atom. The first-order chi connectivity index (χ1) is 6.20. The van der Waals surface area contributed by atoms with Crippen molar-refractivity contribution in [2.75, 3.05) is 0 Å². The molecule has 0 saturated heterocycles. The van der Waals surface area contributed by atoms with Crippen molar-refractivity contribution in [2.24, 2.45) is 5.73 Å². The number of rotatable bonds is 0. The van der Waals surface area contributed by atoms with Crippen LogP contribution >= 0.6 is 22.6 Å². The summed E-state index contributed by atoms with van der Waals surface area (Å²) in [5.74, 6) is 0. The fraction of sp³-hybridized carbons (Fsp3) is 0.455. The predicted octanol–water partition coefficient (Wildman–Crippen LogP) is 2.94. The molecular weight excluding hydrogens is 273 g/mol. The zero-order valence-electron chi connectivity index (χ0n) is 7.81. The molecule has 1 aromatic carbocycles. The van der Waals surface area contributed by atoms with Gasteiger partial charge in [-0.15, -0.1) is 0 Å². The van der Waals surface area contributed by atoms with E-state index in [-0.39, 0.29) is 6.04 Å². The molecule has 0 unspecified atom stereocenters. The van der Waals surface area contributed by atoms with Crippen LogP contribution in [0.3, 0.4) is 0 Å². The molecule has 1 aromatic rings. The summed E-state index contributed by atoms with van der Waals surface area (Å²) < 4.78 is 1.38. The number of halogens is 1. The molecule has 0 amide bonds. The summed E-state index contributed by atoms with van der Waals surface area (Å²) in [6, 6.07) is 4.72. The van der Waals surface area contributed by atoms with Crippen LogP contribution in [0, 0.1) is 10.5 Å². The molecule has 2 rings (SSSR count). The average Bonchev–Trinajstić information content (AvgIpc) is 2.12. The lowest BCUT2D eigenvalue weighted by molar-refractivity contribution is 0.567. The van der Waals surface area contributed by atoms with Gasteiger partial charge in [-0.1, -0.05) is 12.1 Å². The van der Waals surface area contributed by atoms with Crippen LogP contribution in [0.4, 0.5) is 0 Å². The van der Waals surface area contributed by atoms with E-state index in [1.54, 1.807) is 0 Å². The Balaban J connectivity index is 2.58. The standard InChI is InChI=1S/C11H14IN/c1-7-5-6-8-3-2-4-9(13)10(8)11(7)12/h5-6,9H,2-4,13H2,1H3/t9-/m0/s1. The Morgan fingerprint density at radius 1 is 1.46 bits per heavy atom. The number of hydrogen-bond donors (Lipinski definition) is 1. The van der Waals surface area contributed by atoms with E-state index < -0.39 is 0 Å². The summed E-state index contributed by atoms with van der Waals surface area (Å²) >= 11 is 2.42. The third-order valence-corrected chi connectivity index (χ3v) is 4.23. The molecule has 1 aliphatic rings. The zero-order valence-corrected chi connectivity index (χ0v) is 9.97. The maximum absolute atomic E-state index is 6.11. The van der Waals surface area contributed by atoms with Gasteiger partial charge in [-0.25, -0.2) is 0 Å². The first kappa shape index (κ1) is 9.46. The van der Waals surface area contributed by atoms with E-state index in [4.69, 9.17) is 5.73 Å². The van der Waals surface area contributed by atoms with Crippen LogP contribution in [0.15, 0.2) is 12.1 Å². The van der Waals surface area contributed by atoms with Crippen molar-refractivity contribution < 1.29 is 0 Å². The maximum Gasteiger partial charge on any atom is 0.0308 e. The molecule has 1 nitrogen and oxygen atoms in total. The van der Waals surface area contributed by atoms with Crippen molar-refractivity contribution in [1.82, 2.24) is 0 Å². The van der Waals surface area contributed by atoms with Crippen molar-refractivity contribution >= 4 is 22.6 Å². The molecule has 0 spiro atoms. The topological polar surface area (TPSA) is 26.0 Å². The summed E-state index contributed by atoms with van der Waals surface area (Å²) in [6.45, 7) is 2.16. The fourth-order valence-electron chi connectivity index (χ4n) is 2.02. The summed E-state index contributed by atoms with van der Waals surface area (Å²) in [6.07, 6.45) is 3.60. The van der Waals surface area contributed by atoms with Gasteiger partial charge in [-0.2, -0.15) is 0 Å². The van der Waals surface area contributed by atoms with Crippen LogP contribution in [0.1, 0.15) is 35.6 Å². The molecule has 2 N–H and O–H groups in total. The highest BCUT2D eigenvalue weighted by atomic mass is 127. The highest BCUT2D eigenvalue weighted by Gasteiger charge is 2.19. The van der Waals surface area contributed by atoms with Crippen LogP contribution in [-0.2, 0) is 6.42 Å². The minimum atomic E-state index is 0.274. The third kappa shape index (κ3) is 1.62. The summed E-state index contributed by atoms with van der Waals surface area (Å²) in [5, 5.41) is 0. The van der Waals surface area contributed by atoms with E-state index in [0.717, 1.165) is 6.42 Å². The lowest BCUT2D eigenvalue weighted by atomic mass is 9.87. The minimum Gasteiger partial charge on any atom is -0.324 e. The van der Waals surface area contributed by atoms with Gasteiger partial charge >= 0.3 is 0 Å². The van der Waals surface area contributed by atoms with E-state index >= 15 is 0 Å². The Bertz CT molecular complexity index is 333. The average molecular weight is 287 g/mol. The monoisotopic (exact) mass is 287 g/mol. The number of nitrogens with two attached hydrogens (primary N) is 1. The van der Waals surface area contributed by atoms with Crippen LogP contribution in [0.5, 0.6) is 0 Å². The second kappa shape index (κ2) is 3.58. The Kier molecular flexibility index (Phi) is 2.60. The van der Waals surface area contributed by atoms with Crippen LogP contribution in [-0.4, -0.2) is 0 Å². The lowest BCUT2D eigenvalue weighted by Gasteiger charge is -2.24. The first-order valence-electron chi connectivity index (χ1n) is 4.73. The summed E-state index contributed by atoms with van der Waals surface area (Å²) in [5.41, 5.74) is 10.3. The Morgan fingerprint density at radius 2 is 2.23 bits per heavy atom. The van der Waals surface area contributed by atoms with E-state index in [1.807, 2.05) is 0 Å². The van der Waals surface area contributed by atoms with Gasteiger partial charge in [0, 0.05) is 9.61 Å². The number of aryl methyl sites for hydroxylation is 2. The quantitative estimate of drug-likeness (QED) is 0.729. The van der Waals surface area contributed by atoms with Crippen molar-refractivity contribution in [2.45, 2.75) is 32.2 Å². The van der Waals surface area contributed by atoms with E-state index in [9.17, 15) is 0 Å². The normalized spacial score (nSPS) is 21.3. The first-order valence-corrected chi connectivity index (χ1v) is 5.81. The van der Waals surface area contributed by atoms with Crippen LogP contribution in [0.25, 0.3) is 0 Å². The van der Waals surface area contributed by atoms with Gasteiger partial charge in [-0.05, 0) is 65.5 Å². The fourth-order valence-corrected chi connectivity index (χ4v) is 2.94. The predicted molar refractivity (Wildman–Crippen MR) is 63.8 cm³/mol. The molecule has 0 radical (unpaired) electrons. The summed E-state index contributed by atoms with van der Waals surface area (Å²) in [4.78, 5) is 0. The minimum absolute atomic E-state index is 0.274. The van der Waals surface area contributed by atoms with Gasteiger partial charge in [0.25, 0.3) is 0 Å². The molecule has 70 valence electrons. The molecule has 1 aliphatic carbocycles. The van der Waals surface area contributed by atoms with Crippen molar-refractivity contribution in [1.29, 1.82) is 0 Å². The lowest BCUT2D eigenvalue weighted by Crippen LogP contribution is -2.19. The van der Waals surface area contributed by atoms with E-state index in [0.29, 0.717) is 0 Å². The highest BCUT2D eigenvalue weighted by Crippen LogP contribution is 2.32. The number of hydrogen-bond acceptors (Lipinski definition) is 1. The molecule has 0 fully saturated rings. The number of fused-ring (bicyclic) bond motifs is 1. The molecule has 0 saturated carbocycles. The molecule has 0 aliphatic heterocycles. The van der Waals surface area contributed by atoms with Gasteiger partial charge in [0.2, 0.25) is 0 Å². The summed E-state index contributed by atoms with van der Waals surface area (Å²) in [7, 11) is 0. The second-order valence-electron chi connectivity index (χ2n) is 3.77. The molecule has 13 heavy (non-hydrogen) atoms. The van der Waals surface area contributed by atoms with Gasteiger partial charge in [-0.3, -0.25) is 0 Å². The highest BCUT2D eigenvalue weighted by molar-refractivity contribution is 14.1. The molecule has 0 bridgehead atoms. The third-order valence-electron chi connectivity index (χ3n) is 2.80. The van der Waals surface area contributed by atoms with E-state index in [2.05, 4.69) is 41.6 Å². The number of benzene rings is 1. The molecule has 0 heterocycles. The van der Waals surface area contributed by atoms with Crippen LogP contribution in [0.2, 0.25) is 0 Å². The van der Waals surface area contributed by atoms with Gasteiger partial charge < -0.3 is 5.73 Å². The van der Waals surface area contributed by atoms with Gasteiger partial charge in [0.1, 0.15) is 0 Å². The largest absolute Gasteiger partial charge is 0.324 e. The zero-order chi connectivity index (χ0) is 9.42. The van der Waals surface area contributed by atoms with Crippen molar-refractivity contribution in [3.8, 4) is 0 Å². The SMILES string of the molecule is Cc1ccc2c(c1I)[C@@H](N)CCC2. The van der Waals surface area contributed by atoms with Crippen molar-refractivity contribution in [3.05, 3.63) is 32.4 Å². The molecular formula is C11H14IN. The van der Waals surface area contributed by atoms with Gasteiger partial charge in [0.15, 0.2) is 0 Å². The van der Waals surface area contributed by atoms with Crippen LogP contribution < -0.4 is 5.73 Å². The van der Waals surface area contributed by atoms with Crippen molar-refractivity contribution in [3.63, 3.8) is 0 Å². The molecule has 0 aromatic heterocycles. The van der Waals surface area contributed by atoms with Gasteiger partial charge in [0.05, 0.1) is 0 Å². The Labute approximate surface area is 92.9 Å².